The molecule has 0 saturated heterocycles. The summed E-state index contributed by atoms with van der Waals surface area (Å²) < 4.78 is 6.73. The summed E-state index contributed by atoms with van der Waals surface area (Å²) in [5.41, 5.74) is 8.03. The van der Waals surface area contributed by atoms with Gasteiger partial charge in [0, 0.05) is 53.6 Å². The van der Waals surface area contributed by atoms with Crippen molar-refractivity contribution in [1.29, 1.82) is 0 Å². The maximum absolute atomic E-state index is 7.13. The van der Waals surface area contributed by atoms with E-state index in [1.165, 1.54) is 39.3 Å². The average molecular weight is 543 g/mol. The Bertz CT molecular complexity index is 1380. The highest BCUT2D eigenvalue weighted by atomic mass is 35.5. The Hall–Kier alpha value is -2.75. The third-order valence-electron chi connectivity index (χ3n) is 9.21. The average Bonchev–Trinajstić information content (AvgIpc) is 3.22. The van der Waals surface area contributed by atoms with Gasteiger partial charge in [-0.3, -0.25) is 0 Å². The molecule has 3 aliphatic rings. The van der Waals surface area contributed by atoms with Gasteiger partial charge in [0.05, 0.1) is 0 Å². The molecule has 3 nitrogen and oxygen atoms in total. The summed E-state index contributed by atoms with van der Waals surface area (Å²) in [6.45, 7) is 12.1. The molecule has 206 valence electrons. The quantitative estimate of drug-likeness (QED) is 0.362. The lowest BCUT2D eigenvalue weighted by atomic mass is 9.77. The lowest BCUT2D eigenvalue weighted by Gasteiger charge is -2.44. The van der Waals surface area contributed by atoms with Crippen molar-refractivity contribution in [2.24, 2.45) is 0 Å². The Kier molecular flexibility index (Phi) is 7.37. The van der Waals surface area contributed by atoms with E-state index in [9.17, 15) is 0 Å². The summed E-state index contributed by atoms with van der Waals surface area (Å²) in [6, 6.07) is 17.4. The van der Waals surface area contributed by atoms with Gasteiger partial charge in [-0.25, -0.2) is 0 Å². The third kappa shape index (κ3) is 4.39. The molecule has 2 heterocycles. The molecule has 1 aliphatic carbocycles. The van der Waals surface area contributed by atoms with Gasteiger partial charge in [0.25, 0.3) is 0 Å². The maximum atomic E-state index is 7.13. The molecule has 0 N–H and O–H groups in total. The van der Waals surface area contributed by atoms with E-state index in [0.717, 1.165) is 30.7 Å². The molecule has 0 spiro atoms. The third-order valence-corrected chi connectivity index (χ3v) is 9.69. The lowest BCUT2D eigenvalue weighted by molar-refractivity contribution is -0.0463. The Labute approximate surface area is 240 Å². The largest absolute Gasteiger partial charge is 0.351 e. The molecule has 0 radical (unpaired) electrons. The fourth-order valence-corrected chi connectivity index (χ4v) is 7.21. The molecule has 4 heteroatoms. The zero-order chi connectivity index (χ0) is 28.0. The van der Waals surface area contributed by atoms with Gasteiger partial charge >= 0.3 is 0 Å². The van der Waals surface area contributed by atoms with Gasteiger partial charge in [0.15, 0.2) is 5.72 Å². The second-order valence-electron chi connectivity index (χ2n) is 12.2. The minimum Gasteiger partial charge on any atom is -0.351 e. The van der Waals surface area contributed by atoms with Crippen LogP contribution in [0, 0.1) is 0 Å². The van der Waals surface area contributed by atoms with Crippen LogP contribution in [0.2, 0.25) is 0 Å². The molecule has 1 atom stereocenters. The number of nitrogens with zero attached hydrogens (tertiary/aromatic N) is 2. The Morgan fingerprint density at radius 2 is 1.56 bits per heavy atom. The predicted molar refractivity (Wildman–Crippen MR) is 167 cm³/mol. The molecule has 2 aromatic carbocycles. The first-order valence-electron chi connectivity index (χ1n) is 14.4. The summed E-state index contributed by atoms with van der Waals surface area (Å²) >= 11 is 7.13. The molecule has 5 rings (SSSR count). The summed E-state index contributed by atoms with van der Waals surface area (Å²) in [5.74, 6) is 0. The molecule has 0 aromatic heterocycles. The summed E-state index contributed by atoms with van der Waals surface area (Å²) in [5, 5.41) is 0.881. The fourth-order valence-electron chi connectivity index (χ4n) is 6.89. The standard InChI is InChI=1S/C35H43ClN2O/c1-8-24-39-35(34(4,5)28-17-10-12-19-30(28)38(35)7)23-22-26-15-13-14-25(32(26)36)20-21-31-33(2,3)27-16-9-11-18-29(27)37(31)6/h9-12,16-23H,8,13-15,24H2,1-7H3/b23-22+,25-20+,31-21-. The number of halogens is 1. The van der Waals surface area contributed by atoms with E-state index >= 15 is 0 Å². The zero-order valence-electron chi connectivity index (χ0n) is 24.6. The molecule has 2 aliphatic heterocycles. The number of para-hydroxylation sites is 2. The second-order valence-corrected chi connectivity index (χ2v) is 12.6. The Balaban J connectivity index is 1.49. The van der Waals surface area contributed by atoms with Gasteiger partial charge in [-0.05, 0) is 72.2 Å². The molecule has 1 unspecified atom stereocenters. The van der Waals surface area contributed by atoms with Crippen molar-refractivity contribution in [3.8, 4) is 0 Å². The SMILES string of the molecule is CCCOC1(/C=C/C2=C(Cl)C(=C/C=C3\N(C)c4ccccc4C3(C)C)/CCC2)N(C)c2ccccc2C1(C)C. The van der Waals surface area contributed by atoms with Crippen LogP contribution in [0.3, 0.4) is 0 Å². The number of hydrogen-bond donors (Lipinski definition) is 0. The highest BCUT2D eigenvalue weighted by molar-refractivity contribution is 6.32. The van der Waals surface area contributed by atoms with Gasteiger partial charge in [-0.15, -0.1) is 0 Å². The second kappa shape index (κ2) is 10.3. The van der Waals surface area contributed by atoms with Crippen molar-refractivity contribution in [3.63, 3.8) is 0 Å². The highest BCUT2D eigenvalue weighted by Gasteiger charge is 2.55. The number of rotatable bonds is 6. The van der Waals surface area contributed by atoms with Crippen LogP contribution < -0.4 is 9.80 Å². The molecule has 0 amide bonds. The van der Waals surface area contributed by atoms with E-state index in [2.05, 4.69) is 131 Å². The van der Waals surface area contributed by atoms with Crippen LogP contribution in [-0.2, 0) is 15.6 Å². The van der Waals surface area contributed by atoms with Crippen LogP contribution in [0.25, 0.3) is 0 Å². The number of ether oxygens (including phenoxy) is 1. The molecule has 39 heavy (non-hydrogen) atoms. The first kappa shape index (κ1) is 27.8. The van der Waals surface area contributed by atoms with Gasteiger partial charge in [0.2, 0.25) is 0 Å². The van der Waals surface area contributed by atoms with Gasteiger partial charge < -0.3 is 14.5 Å². The van der Waals surface area contributed by atoms with Crippen LogP contribution in [0.5, 0.6) is 0 Å². The number of hydrogen-bond acceptors (Lipinski definition) is 3. The van der Waals surface area contributed by atoms with Crippen molar-refractivity contribution in [2.45, 2.75) is 76.9 Å². The number of allylic oxidation sites excluding steroid dienone is 7. The zero-order valence-corrected chi connectivity index (χ0v) is 25.4. The molecular weight excluding hydrogens is 500 g/mol. The highest BCUT2D eigenvalue weighted by Crippen LogP contribution is 2.53. The molecule has 0 fully saturated rings. The van der Waals surface area contributed by atoms with Crippen molar-refractivity contribution < 1.29 is 4.74 Å². The molecule has 2 aromatic rings. The van der Waals surface area contributed by atoms with Gasteiger partial charge in [0.1, 0.15) is 0 Å². The van der Waals surface area contributed by atoms with Crippen molar-refractivity contribution in [2.75, 3.05) is 30.5 Å². The molecule has 0 bridgehead atoms. The summed E-state index contributed by atoms with van der Waals surface area (Å²) in [7, 11) is 4.32. The molecular formula is C35H43ClN2O. The van der Waals surface area contributed by atoms with Crippen LogP contribution in [0.1, 0.15) is 71.4 Å². The van der Waals surface area contributed by atoms with Gasteiger partial charge in [-0.1, -0.05) is 94.8 Å². The minimum atomic E-state index is -0.581. The van der Waals surface area contributed by atoms with Crippen molar-refractivity contribution >= 4 is 23.0 Å². The van der Waals surface area contributed by atoms with E-state index in [1.54, 1.807) is 0 Å². The topological polar surface area (TPSA) is 15.7 Å². The lowest BCUT2D eigenvalue weighted by Crippen LogP contribution is -2.55. The van der Waals surface area contributed by atoms with E-state index in [1.807, 2.05) is 0 Å². The number of anilines is 2. The van der Waals surface area contributed by atoms with Crippen LogP contribution in [0.4, 0.5) is 11.4 Å². The molecule has 0 saturated carbocycles. The van der Waals surface area contributed by atoms with Crippen LogP contribution >= 0.6 is 11.6 Å². The van der Waals surface area contributed by atoms with Crippen LogP contribution in [0.15, 0.2) is 94.7 Å². The van der Waals surface area contributed by atoms with Crippen molar-refractivity contribution in [3.05, 3.63) is 106 Å². The number of fused-ring (bicyclic) bond motifs is 2. The normalized spacial score (nSPS) is 25.7. The minimum absolute atomic E-state index is 0.0490. The van der Waals surface area contributed by atoms with E-state index in [-0.39, 0.29) is 10.8 Å². The Morgan fingerprint density at radius 1 is 0.897 bits per heavy atom. The van der Waals surface area contributed by atoms with E-state index < -0.39 is 5.72 Å². The fraction of sp³-hybridized carbons (Fsp3) is 0.429. The summed E-state index contributed by atoms with van der Waals surface area (Å²) in [4.78, 5) is 4.63. The van der Waals surface area contributed by atoms with E-state index in [0.29, 0.717) is 6.61 Å². The number of likely N-dealkylation sites (N-methyl/N-ethyl adjacent to an activating group) is 2. The maximum Gasteiger partial charge on any atom is 0.169 e. The first-order chi connectivity index (χ1) is 18.6. The smallest absolute Gasteiger partial charge is 0.169 e. The number of benzene rings is 2. The first-order valence-corrected chi connectivity index (χ1v) is 14.7. The van der Waals surface area contributed by atoms with E-state index in [4.69, 9.17) is 16.3 Å². The monoisotopic (exact) mass is 542 g/mol. The Morgan fingerprint density at radius 3 is 2.23 bits per heavy atom. The summed E-state index contributed by atoms with van der Waals surface area (Å²) in [6.07, 6.45) is 13.1. The van der Waals surface area contributed by atoms with Gasteiger partial charge in [-0.2, -0.15) is 0 Å². The predicted octanol–water partition coefficient (Wildman–Crippen LogP) is 9.01. The van der Waals surface area contributed by atoms with Crippen molar-refractivity contribution in [1.82, 2.24) is 0 Å². The van der Waals surface area contributed by atoms with Crippen LogP contribution in [-0.4, -0.2) is 26.4 Å².